The van der Waals surface area contributed by atoms with Crippen molar-refractivity contribution < 1.29 is 24.2 Å². The number of aryl methyl sites for hydroxylation is 1. The number of amides is 1. The van der Waals surface area contributed by atoms with Gasteiger partial charge < -0.3 is 19.5 Å². The van der Waals surface area contributed by atoms with Gasteiger partial charge in [-0.25, -0.2) is 0 Å². The summed E-state index contributed by atoms with van der Waals surface area (Å²) in [7, 11) is 3.15. The van der Waals surface area contributed by atoms with Crippen molar-refractivity contribution in [2.24, 2.45) is 0 Å². The minimum absolute atomic E-state index is 0.124. The molecule has 1 saturated heterocycles. The van der Waals surface area contributed by atoms with E-state index in [-0.39, 0.29) is 11.3 Å². The average molecular weight is 464 g/mol. The molecule has 6 nitrogen and oxygen atoms in total. The summed E-state index contributed by atoms with van der Waals surface area (Å²) in [6.45, 7) is 2.26. The van der Waals surface area contributed by atoms with Crippen LogP contribution in [0.2, 0.25) is 0 Å². The van der Waals surface area contributed by atoms with Gasteiger partial charge in [-0.3, -0.25) is 9.59 Å². The fraction of sp³-hybridized carbons (Fsp3) is 0.231. The minimum Gasteiger partial charge on any atom is -0.507 e. The van der Waals surface area contributed by atoms with E-state index in [2.05, 4.69) is 0 Å². The van der Waals surface area contributed by atoms with E-state index in [1.807, 2.05) is 54.8 Å². The van der Waals surface area contributed by atoms with Gasteiger partial charge in [0.15, 0.2) is 11.5 Å². The Bertz CT molecular complexity index is 1200. The number of aliphatic hydroxyl groups is 1. The summed E-state index contributed by atoms with van der Waals surface area (Å²) in [4.78, 5) is 28.5. The van der Waals surface area contributed by atoms with Crippen molar-refractivity contribution in [2.75, 3.05) is 20.8 Å². The standard InChI is InChI=1S/C26H25NO5S/c1-16-6-9-18(10-7-16)24(28)22-23(21-5-4-14-33-21)27(26(30)25(22)29)13-12-17-8-11-19(31-2)20(15-17)32-3/h4-11,14-15,23,28H,12-13H2,1-3H3/t23-/m0/s1. The highest BCUT2D eigenvalue weighted by molar-refractivity contribution is 7.10. The number of carbonyl (C=O) groups is 2. The summed E-state index contributed by atoms with van der Waals surface area (Å²) in [6.07, 6.45) is 0.514. The summed E-state index contributed by atoms with van der Waals surface area (Å²) >= 11 is 1.45. The topological polar surface area (TPSA) is 76.1 Å². The van der Waals surface area contributed by atoms with Gasteiger partial charge in [0.1, 0.15) is 5.76 Å². The van der Waals surface area contributed by atoms with Crippen LogP contribution in [0.1, 0.15) is 27.6 Å². The molecule has 7 heteroatoms. The maximum absolute atomic E-state index is 13.1. The lowest BCUT2D eigenvalue weighted by molar-refractivity contribution is -0.139. The smallest absolute Gasteiger partial charge is 0.295 e. The van der Waals surface area contributed by atoms with Gasteiger partial charge >= 0.3 is 0 Å². The predicted molar refractivity (Wildman–Crippen MR) is 128 cm³/mol. The molecule has 2 heterocycles. The van der Waals surface area contributed by atoms with Crippen molar-refractivity contribution in [3.8, 4) is 11.5 Å². The molecule has 170 valence electrons. The molecule has 1 N–H and O–H groups in total. The number of ketones is 1. The van der Waals surface area contributed by atoms with Crippen LogP contribution in [0.4, 0.5) is 0 Å². The number of hydrogen-bond donors (Lipinski definition) is 1. The number of carbonyl (C=O) groups excluding carboxylic acids is 2. The van der Waals surface area contributed by atoms with Crippen molar-refractivity contribution in [3.63, 3.8) is 0 Å². The number of hydrogen-bond acceptors (Lipinski definition) is 6. The molecule has 4 rings (SSSR count). The maximum atomic E-state index is 13.1. The van der Waals surface area contributed by atoms with Crippen LogP contribution in [0, 0.1) is 6.92 Å². The Morgan fingerprint density at radius 3 is 2.39 bits per heavy atom. The Hall–Kier alpha value is -3.58. The number of rotatable bonds is 7. The molecule has 1 aromatic heterocycles. The molecular weight excluding hydrogens is 438 g/mol. The fourth-order valence-electron chi connectivity index (χ4n) is 4.01. The van der Waals surface area contributed by atoms with E-state index in [1.54, 1.807) is 31.3 Å². The molecule has 33 heavy (non-hydrogen) atoms. The highest BCUT2D eigenvalue weighted by Crippen LogP contribution is 2.41. The number of benzene rings is 2. The summed E-state index contributed by atoms with van der Waals surface area (Å²) in [5.74, 6) is -0.202. The molecule has 2 aromatic carbocycles. The third-order valence-electron chi connectivity index (χ3n) is 5.77. The van der Waals surface area contributed by atoms with Crippen LogP contribution in [0.25, 0.3) is 5.76 Å². The molecule has 1 aliphatic heterocycles. The molecule has 0 aliphatic carbocycles. The molecule has 1 fully saturated rings. The Labute approximate surface area is 196 Å². The van der Waals surface area contributed by atoms with Gasteiger partial charge in [0.2, 0.25) is 0 Å². The number of thiophene rings is 1. The normalized spacial score (nSPS) is 17.4. The number of likely N-dealkylation sites (tertiary alicyclic amines) is 1. The van der Waals surface area contributed by atoms with E-state index in [9.17, 15) is 14.7 Å². The lowest BCUT2D eigenvalue weighted by Gasteiger charge is -2.24. The van der Waals surface area contributed by atoms with Gasteiger partial charge in [-0.2, -0.15) is 0 Å². The summed E-state index contributed by atoms with van der Waals surface area (Å²) in [5.41, 5.74) is 2.62. The Kier molecular flexibility index (Phi) is 6.51. The minimum atomic E-state index is -0.668. The van der Waals surface area contributed by atoms with Gasteiger partial charge in [-0.05, 0) is 42.5 Å². The first kappa shape index (κ1) is 22.6. The lowest BCUT2D eigenvalue weighted by Crippen LogP contribution is -2.31. The molecule has 0 bridgehead atoms. The second-order valence-electron chi connectivity index (χ2n) is 7.81. The third-order valence-corrected chi connectivity index (χ3v) is 6.69. The average Bonchev–Trinajstić information content (AvgIpc) is 3.44. The number of Topliss-reactive ketones (excluding diaryl/α,β-unsaturated/α-hetero) is 1. The van der Waals surface area contributed by atoms with Crippen LogP contribution in [0.3, 0.4) is 0 Å². The molecule has 1 aliphatic rings. The van der Waals surface area contributed by atoms with Crippen molar-refractivity contribution in [1.29, 1.82) is 0 Å². The zero-order valence-electron chi connectivity index (χ0n) is 18.7. The first-order valence-corrected chi connectivity index (χ1v) is 11.4. The van der Waals surface area contributed by atoms with Crippen molar-refractivity contribution >= 4 is 28.8 Å². The highest BCUT2D eigenvalue weighted by Gasteiger charge is 2.46. The predicted octanol–water partition coefficient (Wildman–Crippen LogP) is 4.74. The molecule has 1 amide bonds. The zero-order valence-corrected chi connectivity index (χ0v) is 19.5. The molecule has 0 radical (unpaired) electrons. The quantitative estimate of drug-likeness (QED) is 0.311. The molecule has 1 atom stereocenters. The van der Waals surface area contributed by atoms with Crippen LogP contribution < -0.4 is 9.47 Å². The summed E-state index contributed by atoms with van der Waals surface area (Å²) in [6, 6.07) is 16.0. The lowest BCUT2D eigenvalue weighted by atomic mass is 9.99. The number of ether oxygens (including phenoxy) is 2. The molecular formula is C26H25NO5S. The third kappa shape index (κ3) is 4.36. The highest BCUT2D eigenvalue weighted by atomic mass is 32.1. The van der Waals surface area contributed by atoms with Crippen LogP contribution in [0.15, 0.2) is 65.6 Å². The van der Waals surface area contributed by atoms with E-state index in [4.69, 9.17) is 9.47 Å². The maximum Gasteiger partial charge on any atom is 0.295 e. The first-order chi connectivity index (χ1) is 15.9. The van der Waals surface area contributed by atoms with E-state index in [0.29, 0.717) is 30.0 Å². The second kappa shape index (κ2) is 9.50. The van der Waals surface area contributed by atoms with Gasteiger partial charge in [-0.1, -0.05) is 42.0 Å². The van der Waals surface area contributed by atoms with Crippen LogP contribution in [0.5, 0.6) is 11.5 Å². The van der Waals surface area contributed by atoms with E-state index in [1.165, 1.54) is 11.3 Å². The fourth-order valence-corrected chi connectivity index (χ4v) is 4.85. The van der Waals surface area contributed by atoms with Gasteiger partial charge in [0.25, 0.3) is 11.7 Å². The van der Waals surface area contributed by atoms with E-state index in [0.717, 1.165) is 16.0 Å². The molecule has 0 saturated carbocycles. The van der Waals surface area contributed by atoms with E-state index >= 15 is 0 Å². The summed E-state index contributed by atoms with van der Waals surface area (Å²) < 4.78 is 10.7. The van der Waals surface area contributed by atoms with Gasteiger partial charge in [-0.15, -0.1) is 11.3 Å². The van der Waals surface area contributed by atoms with Crippen LogP contribution in [-0.2, 0) is 16.0 Å². The number of methoxy groups -OCH3 is 2. The Morgan fingerprint density at radius 2 is 1.76 bits per heavy atom. The Morgan fingerprint density at radius 1 is 1.03 bits per heavy atom. The van der Waals surface area contributed by atoms with Crippen molar-refractivity contribution in [1.82, 2.24) is 4.90 Å². The second-order valence-corrected chi connectivity index (χ2v) is 8.79. The van der Waals surface area contributed by atoms with Gasteiger partial charge in [0, 0.05) is 17.0 Å². The SMILES string of the molecule is COc1ccc(CCN2C(=O)C(=O)C(=C(O)c3ccc(C)cc3)[C@@H]2c2cccs2)cc1OC. The molecule has 0 unspecified atom stereocenters. The van der Waals surface area contributed by atoms with Crippen molar-refractivity contribution in [2.45, 2.75) is 19.4 Å². The van der Waals surface area contributed by atoms with Crippen LogP contribution in [-0.4, -0.2) is 42.5 Å². The van der Waals surface area contributed by atoms with E-state index < -0.39 is 17.7 Å². The number of aliphatic hydroxyl groups excluding tert-OH is 1. The summed E-state index contributed by atoms with van der Waals surface area (Å²) in [5, 5.41) is 13.0. The first-order valence-electron chi connectivity index (χ1n) is 10.5. The number of nitrogens with zero attached hydrogens (tertiary/aromatic N) is 1. The Balaban J connectivity index is 1.69. The van der Waals surface area contributed by atoms with Crippen molar-refractivity contribution in [3.05, 3.63) is 87.1 Å². The van der Waals surface area contributed by atoms with Gasteiger partial charge in [0.05, 0.1) is 25.8 Å². The molecule has 3 aromatic rings. The zero-order chi connectivity index (χ0) is 23.5. The van der Waals surface area contributed by atoms with Crippen LogP contribution >= 0.6 is 11.3 Å². The monoisotopic (exact) mass is 463 g/mol. The molecule has 0 spiro atoms. The largest absolute Gasteiger partial charge is 0.507 e.